The lowest BCUT2D eigenvalue weighted by Crippen LogP contribution is -2.37. The molecule has 0 aliphatic carbocycles. The SMILES string of the molecule is O=C(Nc1ccc(F)cc1)OC(=O)C1COC1. The topological polar surface area (TPSA) is 64.6 Å². The summed E-state index contributed by atoms with van der Waals surface area (Å²) in [6.45, 7) is 0.561. The second-order valence-electron chi connectivity index (χ2n) is 3.57. The van der Waals surface area contributed by atoms with E-state index in [-0.39, 0.29) is 19.1 Å². The summed E-state index contributed by atoms with van der Waals surface area (Å²) in [4.78, 5) is 22.5. The van der Waals surface area contributed by atoms with Crippen LogP contribution in [0.5, 0.6) is 0 Å². The van der Waals surface area contributed by atoms with Crippen LogP contribution in [0.1, 0.15) is 0 Å². The van der Waals surface area contributed by atoms with Crippen molar-refractivity contribution in [2.45, 2.75) is 0 Å². The largest absolute Gasteiger partial charge is 0.419 e. The Hall–Kier alpha value is -1.95. The van der Waals surface area contributed by atoms with Gasteiger partial charge in [0.05, 0.1) is 13.2 Å². The molecule has 1 saturated heterocycles. The van der Waals surface area contributed by atoms with Crippen LogP contribution in [-0.2, 0) is 14.3 Å². The van der Waals surface area contributed by atoms with E-state index in [2.05, 4.69) is 10.1 Å². The summed E-state index contributed by atoms with van der Waals surface area (Å²) in [7, 11) is 0. The van der Waals surface area contributed by atoms with Gasteiger partial charge in [-0.25, -0.2) is 9.18 Å². The van der Waals surface area contributed by atoms with Crippen molar-refractivity contribution in [1.29, 1.82) is 0 Å². The van der Waals surface area contributed by atoms with Crippen LogP contribution in [0.4, 0.5) is 14.9 Å². The first-order valence-corrected chi connectivity index (χ1v) is 5.01. The highest BCUT2D eigenvalue weighted by Crippen LogP contribution is 2.13. The third-order valence-corrected chi connectivity index (χ3v) is 2.26. The number of hydrogen-bond donors (Lipinski definition) is 1. The van der Waals surface area contributed by atoms with Gasteiger partial charge in [0.1, 0.15) is 11.7 Å². The molecule has 1 fully saturated rings. The number of amides is 1. The number of rotatable bonds is 2. The van der Waals surface area contributed by atoms with E-state index >= 15 is 0 Å². The Kier molecular flexibility index (Phi) is 3.34. The predicted octanol–water partition coefficient (Wildman–Crippen LogP) is 1.55. The monoisotopic (exact) mass is 239 g/mol. The minimum Gasteiger partial charge on any atom is -0.379 e. The van der Waals surface area contributed by atoms with Crippen LogP contribution in [-0.4, -0.2) is 25.3 Å². The van der Waals surface area contributed by atoms with E-state index in [0.29, 0.717) is 5.69 Å². The molecule has 1 N–H and O–H groups in total. The van der Waals surface area contributed by atoms with Gasteiger partial charge in [-0.05, 0) is 24.3 Å². The molecule has 0 unspecified atom stereocenters. The lowest BCUT2D eigenvalue weighted by molar-refractivity contribution is -0.156. The van der Waals surface area contributed by atoms with Crippen molar-refractivity contribution in [3.63, 3.8) is 0 Å². The van der Waals surface area contributed by atoms with E-state index in [1.54, 1.807) is 0 Å². The van der Waals surface area contributed by atoms with Gasteiger partial charge in [0, 0.05) is 5.69 Å². The molecule has 5 nitrogen and oxygen atoms in total. The standard InChI is InChI=1S/C11H10FNO4/c12-8-1-3-9(4-2-8)13-11(15)17-10(14)7-5-16-6-7/h1-4,7H,5-6H2,(H,13,15). The van der Waals surface area contributed by atoms with Crippen LogP contribution >= 0.6 is 0 Å². The zero-order chi connectivity index (χ0) is 12.3. The van der Waals surface area contributed by atoms with Crippen LogP contribution in [0.2, 0.25) is 0 Å². The molecule has 0 saturated carbocycles. The Labute approximate surface area is 96.5 Å². The molecule has 0 aromatic heterocycles. The van der Waals surface area contributed by atoms with Crippen molar-refractivity contribution >= 4 is 17.7 Å². The van der Waals surface area contributed by atoms with Gasteiger partial charge in [-0.3, -0.25) is 10.1 Å². The van der Waals surface area contributed by atoms with Crippen LogP contribution < -0.4 is 5.32 Å². The Bertz CT molecular complexity index is 428. The fraction of sp³-hybridized carbons (Fsp3) is 0.273. The third-order valence-electron chi connectivity index (χ3n) is 2.26. The fourth-order valence-corrected chi connectivity index (χ4v) is 1.22. The molecule has 0 radical (unpaired) electrons. The molecule has 6 heteroatoms. The Morgan fingerprint density at radius 3 is 2.47 bits per heavy atom. The maximum atomic E-state index is 12.6. The maximum Gasteiger partial charge on any atom is 0.419 e. The quantitative estimate of drug-likeness (QED) is 0.628. The molecule has 17 heavy (non-hydrogen) atoms. The molecule has 1 amide bonds. The molecule has 0 atom stereocenters. The van der Waals surface area contributed by atoms with Crippen molar-refractivity contribution in [3.05, 3.63) is 30.1 Å². The van der Waals surface area contributed by atoms with Crippen molar-refractivity contribution in [2.75, 3.05) is 18.5 Å². The lowest BCUT2D eigenvalue weighted by Gasteiger charge is -2.23. The van der Waals surface area contributed by atoms with Gasteiger partial charge in [0.15, 0.2) is 0 Å². The Morgan fingerprint density at radius 2 is 1.94 bits per heavy atom. The first-order valence-electron chi connectivity index (χ1n) is 5.01. The molecule has 0 bridgehead atoms. The average Bonchev–Trinajstić information content (AvgIpc) is 2.18. The minimum absolute atomic E-state index is 0.280. The van der Waals surface area contributed by atoms with Gasteiger partial charge < -0.3 is 9.47 Å². The van der Waals surface area contributed by atoms with Crippen LogP contribution in [0.25, 0.3) is 0 Å². The number of carbonyl (C=O) groups is 2. The van der Waals surface area contributed by atoms with Gasteiger partial charge >= 0.3 is 12.1 Å². The third kappa shape index (κ3) is 3.01. The zero-order valence-electron chi connectivity index (χ0n) is 8.81. The highest BCUT2D eigenvalue weighted by atomic mass is 19.1. The average molecular weight is 239 g/mol. The van der Waals surface area contributed by atoms with Gasteiger partial charge in [0.25, 0.3) is 0 Å². The molecule has 90 valence electrons. The second-order valence-corrected chi connectivity index (χ2v) is 3.57. The van der Waals surface area contributed by atoms with E-state index in [1.165, 1.54) is 24.3 Å². The summed E-state index contributed by atoms with van der Waals surface area (Å²) in [6.07, 6.45) is -0.881. The van der Waals surface area contributed by atoms with Crippen LogP contribution in [0.15, 0.2) is 24.3 Å². The Morgan fingerprint density at radius 1 is 1.29 bits per heavy atom. The number of ether oxygens (including phenoxy) is 2. The first-order chi connectivity index (χ1) is 8.15. The van der Waals surface area contributed by atoms with E-state index in [9.17, 15) is 14.0 Å². The van der Waals surface area contributed by atoms with E-state index in [0.717, 1.165) is 0 Å². The maximum absolute atomic E-state index is 12.6. The number of esters is 1. The molecule has 1 aromatic carbocycles. The van der Waals surface area contributed by atoms with E-state index in [4.69, 9.17) is 4.74 Å². The van der Waals surface area contributed by atoms with Crippen molar-refractivity contribution in [2.24, 2.45) is 5.92 Å². The molecule has 2 rings (SSSR count). The fourth-order valence-electron chi connectivity index (χ4n) is 1.22. The van der Waals surface area contributed by atoms with Crippen molar-refractivity contribution in [3.8, 4) is 0 Å². The highest BCUT2D eigenvalue weighted by molar-refractivity contribution is 5.93. The van der Waals surface area contributed by atoms with Gasteiger partial charge in [-0.1, -0.05) is 0 Å². The summed E-state index contributed by atoms with van der Waals surface area (Å²) >= 11 is 0. The highest BCUT2D eigenvalue weighted by Gasteiger charge is 2.29. The van der Waals surface area contributed by atoms with Gasteiger partial charge in [-0.2, -0.15) is 0 Å². The smallest absolute Gasteiger partial charge is 0.379 e. The second kappa shape index (κ2) is 4.92. The molecule has 1 heterocycles. The number of hydrogen-bond acceptors (Lipinski definition) is 4. The van der Waals surface area contributed by atoms with Crippen molar-refractivity contribution in [1.82, 2.24) is 0 Å². The molecule has 1 aliphatic rings. The lowest BCUT2D eigenvalue weighted by atomic mass is 10.1. The van der Waals surface area contributed by atoms with Crippen molar-refractivity contribution < 1.29 is 23.5 Å². The number of nitrogens with one attached hydrogen (secondary N) is 1. The van der Waals surface area contributed by atoms with Crippen LogP contribution in [0, 0.1) is 11.7 Å². The zero-order valence-corrected chi connectivity index (χ0v) is 8.81. The number of halogens is 1. The molecule has 1 aliphatic heterocycles. The number of carbonyl (C=O) groups excluding carboxylic acids is 2. The molecule has 0 spiro atoms. The van der Waals surface area contributed by atoms with Crippen LogP contribution in [0.3, 0.4) is 0 Å². The summed E-state index contributed by atoms with van der Waals surface area (Å²) in [6, 6.07) is 5.12. The predicted molar refractivity (Wildman–Crippen MR) is 55.8 cm³/mol. The van der Waals surface area contributed by atoms with E-state index < -0.39 is 17.9 Å². The summed E-state index contributed by atoms with van der Waals surface area (Å²) in [5.41, 5.74) is 0.356. The molecular formula is C11H10FNO4. The number of benzene rings is 1. The normalized spacial score (nSPS) is 14.9. The Balaban J connectivity index is 1.84. The first kappa shape index (κ1) is 11.5. The minimum atomic E-state index is -0.881. The van der Waals surface area contributed by atoms with Gasteiger partial charge in [-0.15, -0.1) is 0 Å². The van der Waals surface area contributed by atoms with Gasteiger partial charge in [0.2, 0.25) is 0 Å². The number of anilines is 1. The summed E-state index contributed by atoms with van der Waals surface area (Å²) in [5.74, 6) is -1.39. The van der Waals surface area contributed by atoms with E-state index in [1.807, 2.05) is 0 Å². The molecular weight excluding hydrogens is 229 g/mol. The summed E-state index contributed by atoms with van der Waals surface area (Å²) in [5, 5.41) is 2.31. The molecule has 1 aromatic rings. The summed E-state index contributed by atoms with van der Waals surface area (Å²) < 4.78 is 21.9.